The molecule has 0 saturated carbocycles. The summed E-state index contributed by atoms with van der Waals surface area (Å²) in [4.78, 5) is 4.66. The van der Waals surface area contributed by atoms with Crippen LogP contribution in [0.15, 0.2) is 35.5 Å². The highest BCUT2D eigenvalue weighted by atomic mass is 79.9. The van der Waals surface area contributed by atoms with Crippen LogP contribution in [0, 0.1) is 0 Å². The van der Waals surface area contributed by atoms with E-state index in [1.54, 1.807) is 0 Å². The van der Waals surface area contributed by atoms with Crippen molar-refractivity contribution in [3.05, 3.63) is 41.2 Å². The maximum atomic E-state index is 6.82. The molecule has 1 aromatic rings. The summed E-state index contributed by atoms with van der Waals surface area (Å²) in [5.41, 5.74) is 0.692. The Morgan fingerprint density at radius 3 is 2.38 bits per heavy atom. The summed E-state index contributed by atoms with van der Waals surface area (Å²) in [6.07, 6.45) is 3.83. The first kappa shape index (κ1) is 18.6. The van der Waals surface area contributed by atoms with Crippen LogP contribution in [0.2, 0.25) is 18.1 Å². The number of hydrogen-bond acceptors (Lipinski definition) is 2. The van der Waals surface area contributed by atoms with Gasteiger partial charge in [-0.25, -0.2) is 4.98 Å². The molecule has 0 aromatic carbocycles. The Kier molecular flexibility index (Phi) is 7.31. The zero-order valence-electron chi connectivity index (χ0n) is 13.8. The molecule has 0 unspecified atom stereocenters. The summed E-state index contributed by atoms with van der Waals surface area (Å²) in [5.74, 6) is 0. The topological polar surface area (TPSA) is 22.1 Å². The maximum absolute atomic E-state index is 6.82. The third-order valence-corrected chi connectivity index (χ3v) is 9.65. The average Bonchev–Trinajstić information content (AvgIpc) is 2.51. The van der Waals surface area contributed by atoms with Crippen LogP contribution < -0.4 is 0 Å². The first-order valence-electron chi connectivity index (χ1n) is 7.89. The van der Waals surface area contributed by atoms with Gasteiger partial charge in [-0.15, -0.1) is 6.58 Å². The van der Waals surface area contributed by atoms with E-state index in [1.165, 1.54) is 0 Å². The molecule has 0 radical (unpaired) electrons. The SMILES string of the molecule is C=CCC[C@@](C)(O[Si](CC)(CC)CC)c1cccc(Br)n1. The molecule has 0 N–H and O–H groups in total. The van der Waals surface area contributed by atoms with E-state index in [0.29, 0.717) is 0 Å². The van der Waals surface area contributed by atoms with Crippen LogP contribution in [0.3, 0.4) is 0 Å². The molecular weight excluding hydrogens is 342 g/mol. The normalized spacial score (nSPS) is 14.7. The lowest BCUT2D eigenvalue weighted by Gasteiger charge is -2.40. The van der Waals surface area contributed by atoms with Crippen molar-refractivity contribution in [3.63, 3.8) is 0 Å². The molecular formula is C17H28BrNOSi. The van der Waals surface area contributed by atoms with E-state index in [2.05, 4.69) is 61.3 Å². The monoisotopic (exact) mass is 369 g/mol. The molecule has 0 bridgehead atoms. The van der Waals surface area contributed by atoms with Gasteiger partial charge in [-0.05, 0) is 66.0 Å². The molecule has 118 valence electrons. The highest BCUT2D eigenvalue weighted by Crippen LogP contribution is 2.37. The van der Waals surface area contributed by atoms with Crippen molar-refractivity contribution in [3.8, 4) is 0 Å². The van der Waals surface area contributed by atoms with Gasteiger partial charge >= 0.3 is 0 Å². The quantitative estimate of drug-likeness (QED) is 0.300. The molecule has 2 nitrogen and oxygen atoms in total. The number of halogens is 1. The molecule has 0 aliphatic carbocycles. The Labute approximate surface area is 139 Å². The van der Waals surface area contributed by atoms with Crippen LogP contribution >= 0.6 is 15.9 Å². The largest absolute Gasteiger partial charge is 0.406 e. The summed E-state index contributed by atoms with van der Waals surface area (Å²) < 4.78 is 7.69. The molecule has 1 atom stereocenters. The molecule has 0 saturated heterocycles. The fourth-order valence-electron chi connectivity index (χ4n) is 2.76. The van der Waals surface area contributed by atoms with E-state index in [-0.39, 0.29) is 5.60 Å². The molecule has 0 aliphatic heterocycles. The fourth-order valence-corrected chi connectivity index (χ4v) is 6.20. The molecule has 0 fully saturated rings. The zero-order valence-corrected chi connectivity index (χ0v) is 16.4. The lowest BCUT2D eigenvalue weighted by Crippen LogP contribution is -2.44. The second kappa shape index (κ2) is 8.25. The van der Waals surface area contributed by atoms with Crippen LogP contribution in [0.1, 0.15) is 46.2 Å². The molecule has 21 heavy (non-hydrogen) atoms. The van der Waals surface area contributed by atoms with E-state index in [4.69, 9.17) is 4.43 Å². The van der Waals surface area contributed by atoms with Gasteiger partial charge < -0.3 is 4.43 Å². The minimum atomic E-state index is -1.69. The molecule has 1 aromatic heterocycles. The molecule has 0 amide bonds. The van der Waals surface area contributed by atoms with Crippen molar-refractivity contribution >= 4 is 24.2 Å². The van der Waals surface area contributed by atoms with Crippen LogP contribution in [-0.2, 0) is 10.0 Å². The number of nitrogens with zero attached hydrogens (tertiary/aromatic N) is 1. The van der Waals surface area contributed by atoms with Gasteiger partial charge in [0, 0.05) is 0 Å². The summed E-state index contributed by atoms with van der Waals surface area (Å²) in [6.45, 7) is 12.8. The predicted molar refractivity (Wildman–Crippen MR) is 97.0 cm³/mol. The Morgan fingerprint density at radius 1 is 1.29 bits per heavy atom. The predicted octanol–water partition coefficient (Wildman–Crippen LogP) is 6.05. The van der Waals surface area contributed by atoms with Crippen LogP contribution in [0.25, 0.3) is 0 Å². The Balaban J connectivity index is 3.17. The van der Waals surface area contributed by atoms with E-state index >= 15 is 0 Å². The third-order valence-electron chi connectivity index (χ3n) is 4.46. The number of rotatable bonds is 9. The van der Waals surface area contributed by atoms with Crippen LogP contribution in [0.5, 0.6) is 0 Å². The fraction of sp³-hybridized carbons (Fsp3) is 0.588. The first-order valence-corrected chi connectivity index (χ1v) is 11.2. The highest BCUT2D eigenvalue weighted by molar-refractivity contribution is 9.10. The number of pyridine rings is 1. The summed E-state index contributed by atoms with van der Waals surface area (Å²) in [7, 11) is -1.69. The van der Waals surface area contributed by atoms with E-state index in [1.807, 2.05) is 18.2 Å². The Bertz CT molecular complexity index is 454. The smallest absolute Gasteiger partial charge is 0.193 e. The highest BCUT2D eigenvalue weighted by Gasteiger charge is 2.39. The van der Waals surface area contributed by atoms with Crippen molar-refractivity contribution in [2.75, 3.05) is 0 Å². The van der Waals surface area contributed by atoms with Crippen molar-refractivity contribution in [2.45, 2.75) is 64.3 Å². The van der Waals surface area contributed by atoms with E-state index in [9.17, 15) is 0 Å². The van der Waals surface area contributed by atoms with Gasteiger partial charge in [0.2, 0.25) is 0 Å². The molecule has 0 aliphatic rings. The molecule has 1 rings (SSSR count). The van der Waals surface area contributed by atoms with Gasteiger partial charge in [0.1, 0.15) is 4.60 Å². The standard InChI is InChI=1S/C17H28BrNOSi/c1-6-10-14-17(5,15-12-11-13-16(18)19-15)20-21(7-2,8-3)9-4/h6,11-13H,1,7-10,14H2,2-5H3/t17-/m1/s1. The minimum absolute atomic E-state index is 0.327. The van der Waals surface area contributed by atoms with Gasteiger partial charge in [-0.1, -0.05) is 32.9 Å². The Morgan fingerprint density at radius 2 is 1.90 bits per heavy atom. The zero-order chi connectivity index (χ0) is 15.9. The summed E-state index contributed by atoms with van der Waals surface area (Å²) >= 11 is 3.48. The minimum Gasteiger partial charge on any atom is -0.406 e. The molecule has 4 heteroatoms. The van der Waals surface area contributed by atoms with Crippen molar-refractivity contribution in [1.29, 1.82) is 0 Å². The molecule has 1 heterocycles. The molecule has 0 spiro atoms. The van der Waals surface area contributed by atoms with Gasteiger partial charge in [-0.2, -0.15) is 0 Å². The number of hydrogen-bond donors (Lipinski definition) is 0. The lowest BCUT2D eigenvalue weighted by molar-refractivity contribution is 0.0598. The average molecular weight is 370 g/mol. The number of aromatic nitrogens is 1. The van der Waals surface area contributed by atoms with Crippen molar-refractivity contribution in [1.82, 2.24) is 4.98 Å². The second-order valence-electron chi connectivity index (χ2n) is 5.75. The van der Waals surface area contributed by atoms with E-state index in [0.717, 1.165) is 41.3 Å². The van der Waals surface area contributed by atoms with Gasteiger partial charge in [0.15, 0.2) is 8.32 Å². The van der Waals surface area contributed by atoms with Crippen molar-refractivity contribution in [2.24, 2.45) is 0 Å². The van der Waals surface area contributed by atoms with Gasteiger partial charge in [0.05, 0.1) is 11.3 Å². The first-order chi connectivity index (χ1) is 9.95. The van der Waals surface area contributed by atoms with Gasteiger partial charge in [0.25, 0.3) is 0 Å². The summed E-state index contributed by atoms with van der Waals surface area (Å²) in [6, 6.07) is 9.53. The summed E-state index contributed by atoms with van der Waals surface area (Å²) in [5, 5.41) is 0. The second-order valence-corrected chi connectivity index (χ2v) is 11.3. The van der Waals surface area contributed by atoms with Gasteiger partial charge in [-0.3, -0.25) is 0 Å². The van der Waals surface area contributed by atoms with Crippen LogP contribution in [0.4, 0.5) is 0 Å². The van der Waals surface area contributed by atoms with Crippen LogP contribution in [-0.4, -0.2) is 13.3 Å². The van der Waals surface area contributed by atoms with Crippen molar-refractivity contribution < 1.29 is 4.43 Å². The Hall–Kier alpha value is -0.453. The number of allylic oxidation sites excluding steroid dienone is 1. The lowest BCUT2D eigenvalue weighted by atomic mass is 9.95. The maximum Gasteiger partial charge on any atom is 0.193 e. The van der Waals surface area contributed by atoms with E-state index < -0.39 is 8.32 Å². The third kappa shape index (κ3) is 4.76.